The van der Waals surface area contributed by atoms with E-state index in [9.17, 15) is 9.59 Å². The van der Waals surface area contributed by atoms with Gasteiger partial charge in [0.2, 0.25) is 5.91 Å². The lowest BCUT2D eigenvalue weighted by Gasteiger charge is -2.40. The first-order valence-electron chi connectivity index (χ1n) is 8.01. The van der Waals surface area contributed by atoms with Gasteiger partial charge in [-0.2, -0.15) is 0 Å². The Morgan fingerprint density at radius 3 is 2.58 bits per heavy atom. The number of hydrogen-bond donors (Lipinski definition) is 2. The predicted octanol–water partition coefficient (Wildman–Crippen LogP) is 2.56. The normalized spacial score (nSPS) is 15.5. The molecule has 2 heterocycles. The van der Waals surface area contributed by atoms with E-state index in [4.69, 9.17) is 0 Å². The quantitative estimate of drug-likeness (QED) is 0.876. The first-order valence-corrected chi connectivity index (χ1v) is 8.89. The van der Waals surface area contributed by atoms with Crippen molar-refractivity contribution >= 4 is 23.3 Å². The molecule has 1 aliphatic rings. The molecule has 0 aliphatic carbocycles. The van der Waals surface area contributed by atoms with E-state index in [1.165, 1.54) is 12.5 Å². The third-order valence-corrected chi connectivity index (χ3v) is 5.03. The van der Waals surface area contributed by atoms with Gasteiger partial charge in [0.15, 0.2) is 0 Å². The lowest BCUT2D eigenvalue weighted by Crippen LogP contribution is -2.62. The van der Waals surface area contributed by atoms with E-state index in [0.717, 1.165) is 11.3 Å². The Balaban J connectivity index is 1.60. The number of benzene rings is 1. The van der Waals surface area contributed by atoms with Gasteiger partial charge in [-0.3, -0.25) is 4.79 Å². The number of carbonyl (C=O) groups is 2. The standard InChI is InChI=1S/C18H21N3O2S/c1-13(22)19-15-11-21(12-15)18(23)20-16(17-8-5-9-24-17)10-14-6-3-2-4-7-14/h2-9,15-16H,10-12H2,1H3,(H,19,22)(H,20,23)/t16-/m0/s1. The summed E-state index contributed by atoms with van der Waals surface area (Å²) in [4.78, 5) is 26.4. The average molecular weight is 343 g/mol. The van der Waals surface area contributed by atoms with Gasteiger partial charge < -0.3 is 15.5 Å². The van der Waals surface area contributed by atoms with E-state index >= 15 is 0 Å². The van der Waals surface area contributed by atoms with Gasteiger partial charge in [-0.1, -0.05) is 36.4 Å². The number of likely N-dealkylation sites (tertiary alicyclic amines) is 1. The highest BCUT2D eigenvalue weighted by atomic mass is 32.1. The molecule has 5 nitrogen and oxygen atoms in total. The highest BCUT2D eigenvalue weighted by molar-refractivity contribution is 7.10. The Kier molecular flexibility index (Phi) is 5.15. The lowest BCUT2D eigenvalue weighted by atomic mass is 10.0. The van der Waals surface area contributed by atoms with Crippen molar-refractivity contribution in [2.45, 2.75) is 25.4 Å². The second-order valence-electron chi connectivity index (χ2n) is 6.01. The summed E-state index contributed by atoms with van der Waals surface area (Å²) >= 11 is 1.65. The maximum absolute atomic E-state index is 12.5. The molecule has 0 unspecified atom stereocenters. The number of urea groups is 1. The monoisotopic (exact) mass is 343 g/mol. The number of hydrogen-bond acceptors (Lipinski definition) is 3. The highest BCUT2D eigenvalue weighted by Crippen LogP contribution is 2.23. The van der Waals surface area contributed by atoms with Crippen molar-refractivity contribution in [2.75, 3.05) is 13.1 Å². The largest absolute Gasteiger partial charge is 0.350 e. The van der Waals surface area contributed by atoms with E-state index in [0.29, 0.717) is 13.1 Å². The maximum atomic E-state index is 12.5. The van der Waals surface area contributed by atoms with Gasteiger partial charge in [-0.15, -0.1) is 11.3 Å². The van der Waals surface area contributed by atoms with Crippen LogP contribution in [0.3, 0.4) is 0 Å². The minimum atomic E-state index is -0.0778. The minimum Gasteiger partial charge on any atom is -0.350 e. The zero-order chi connectivity index (χ0) is 16.9. The summed E-state index contributed by atoms with van der Waals surface area (Å²) in [6, 6.07) is 14.2. The van der Waals surface area contributed by atoms with Crippen LogP contribution in [0.2, 0.25) is 0 Å². The molecular weight excluding hydrogens is 322 g/mol. The summed E-state index contributed by atoms with van der Waals surface area (Å²) < 4.78 is 0. The van der Waals surface area contributed by atoms with E-state index in [-0.39, 0.29) is 24.0 Å². The molecule has 0 saturated carbocycles. The van der Waals surface area contributed by atoms with Crippen molar-refractivity contribution in [3.05, 3.63) is 58.3 Å². The summed E-state index contributed by atoms with van der Waals surface area (Å²) in [7, 11) is 0. The fraction of sp³-hybridized carbons (Fsp3) is 0.333. The van der Waals surface area contributed by atoms with Crippen molar-refractivity contribution in [1.82, 2.24) is 15.5 Å². The van der Waals surface area contributed by atoms with E-state index in [2.05, 4.69) is 28.8 Å². The summed E-state index contributed by atoms with van der Waals surface area (Å²) in [6.07, 6.45) is 0.760. The molecule has 2 aromatic rings. The molecule has 2 N–H and O–H groups in total. The molecule has 6 heteroatoms. The molecule has 1 aromatic heterocycles. The maximum Gasteiger partial charge on any atom is 0.318 e. The Bertz CT molecular complexity index is 682. The molecule has 3 rings (SSSR count). The molecule has 1 saturated heterocycles. The van der Waals surface area contributed by atoms with Crippen molar-refractivity contribution in [2.24, 2.45) is 0 Å². The zero-order valence-electron chi connectivity index (χ0n) is 13.6. The Morgan fingerprint density at radius 1 is 1.21 bits per heavy atom. The van der Waals surface area contributed by atoms with Gasteiger partial charge in [0.05, 0.1) is 12.1 Å². The number of nitrogens with zero attached hydrogens (tertiary/aromatic N) is 1. The smallest absolute Gasteiger partial charge is 0.318 e. The third kappa shape index (κ3) is 4.14. The summed E-state index contributed by atoms with van der Waals surface area (Å²) in [5.74, 6) is -0.0550. The van der Waals surface area contributed by atoms with Crippen molar-refractivity contribution in [1.29, 1.82) is 0 Å². The van der Waals surface area contributed by atoms with Gasteiger partial charge in [0.1, 0.15) is 0 Å². The number of thiophene rings is 1. The number of rotatable bonds is 5. The van der Waals surface area contributed by atoms with Gasteiger partial charge in [-0.25, -0.2) is 4.79 Å². The fourth-order valence-corrected chi connectivity index (χ4v) is 3.60. The number of carbonyl (C=O) groups excluding carboxylic acids is 2. The summed E-state index contributed by atoms with van der Waals surface area (Å²) in [5.41, 5.74) is 1.19. The lowest BCUT2D eigenvalue weighted by molar-refractivity contribution is -0.120. The highest BCUT2D eigenvalue weighted by Gasteiger charge is 2.32. The molecule has 1 aliphatic heterocycles. The molecule has 126 valence electrons. The summed E-state index contributed by atoms with van der Waals surface area (Å²) in [6.45, 7) is 2.62. The third-order valence-electron chi connectivity index (χ3n) is 4.04. The second kappa shape index (κ2) is 7.49. The van der Waals surface area contributed by atoms with Crippen LogP contribution in [-0.4, -0.2) is 36.0 Å². The van der Waals surface area contributed by atoms with Crippen LogP contribution in [0.25, 0.3) is 0 Å². The van der Waals surface area contributed by atoms with Crippen molar-refractivity contribution < 1.29 is 9.59 Å². The van der Waals surface area contributed by atoms with Crippen molar-refractivity contribution in [3.8, 4) is 0 Å². The topological polar surface area (TPSA) is 61.4 Å². The molecule has 3 amide bonds. The van der Waals surface area contributed by atoms with Gasteiger partial charge >= 0.3 is 6.03 Å². The number of nitrogens with one attached hydrogen (secondary N) is 2. The average Bonchev–Trinajstić information content (AvgIpc) is 3.05. The minimum absolute atomic E-state index is 0.0419. The van der Waals surface area contributed by atoms with E-state index in [1.807, 2.05) is 29.6 Å². The van der Waals surface area contributed by atoms with Gasteiger partial charge in [0, 0.05) is 24.9 Å². The van der Waals surface area contributed by atoms with Crippen LogP contribution in [0.15, 0.2) is 47.8 Å². The Hall–Kier alpha value is -2.34. The van der Waals surface area contributed by atoms with E-state index in [1.54, 1.807) is 16.2 Å². The second-order valence-corrected chi connectivity index (χ2v) is 6.99. The molecule has 1 aromatic carbocycles. The van der Waals surface area contributed by atoms with Crippen molar-refractivity contribution in [3.63, 3.8) is 0 Å². The SMILES string of the molecule is CC(=O)NC1CN(C(=O)N[C@@H](Cc2ccccc2)c2cccs2)C1. The first-order chi connectivity index (χ1) is 11.6. The van der Waals surface area contributed by atoms with E-state index < -0.39 is 0 Å². The van der Waals surface area contributed by atoms with Crippen LogP contribution in [0, 0.1) is 0 Å². The fourth-order valence-electron chi connectivity index (χ4n) is 2.83. The molecule has 0 bridgehead atoms. The Morgan fingerprint density at radius 2 is 1.96 bits per heavy atom. The molecule has 0 radical (unpaired) electrons. The van der Waals surface area contributed by atoms with Gasteiger partial charge in [0.25, 0.3) is 0 Å². The van der Waals surface area contributed by atoms with Crippen LogP contribution in [0.1, 0.15) is 23.4 Å². The molecule has 24 heavy (non-hydrogen) atoms. The first kappa shape index (κ1) is 16.5. The van der Waals surface area contributed by atoms with Crippen LogP contribution < -0.4 is 10.6 Å². The van der Waals surface area contributed by atoms with Crippen LogP contribution in [0.4, 0.5) is 4.79 Å². The van der Waals surface area contributed by atoms with Crippen LogP contribution >= 0.6 is 11.3 Å². The molecule has 1 fully saturated rings. The van der Waals surface area contributed by atoms with Crippen LogP contribution in [-0.2, 0) is 11.2 Å². The zero-order valence-corrected chi connectivity index (χ0v) is 14.4. The summed E-state index contributed by atoms with van der Waals surface area (Å²) in [5, 5.41) is 7.98. The van der Waals surface area contributed by atoms with Crippen LogP contribution in [0.5, 0.6) is 0 Å². The predicted molar refractivity (Wildman–Crippen MR) is 94.9 cm³/mol. The Labute approximate surface area is 145 Å². The number of amides is 3. The molecular formula is C18H21N3O2S. The molecule has 0 spiro atoms. The van der Waals surface area contributed by atoms with Gasteiger partial charge in [-0.05, 0) is 23.4 Å². The molecule has 1 atom stereocenters.